The van der Waals surface area contributed by atoms with Crippen molar-refractivity contribution in [3.63, 3.8) is 0 Å². The molecule has 0 unspecified atom stereocenters. The molecule has 0 bridgehead atoms. The normalized spacial score (nSPS) is 14.8. The number of pyridine rings is 1. The number of fused-ring (bicyclic) bond motifs is 1. The van der Waals surface area contributed by atoms with Gasteiger partial charge in [0.2, 0.25) is 0 Å². The fraction of sp³-hybridized carbons (Fsp3) is 0.292. The maximum atomic E-state index is 12.7. The minimum Gasteiger partial charge on any atom is -0.455 e. The number of esters is 1. The predicted molar refractivity (Wildman–Crippen MR) is 118 cm³/mol. The molecule has 3 aromatic rings. The van der Waals surface area contributed by atoms with Crippen LogP contribution in [-0.4, -0.2) is 36.6 Å². The van der Waals surface area contributed by atoms with Crippen molar-refractivity contribution >= 4 is 34.2 Å². The molecule has 1 aliphatic heterocycles. The lowest BCUT2D eigenvalue weighted by molar-refractivity contribution is -0.152. The molecule has 1 aliphatic rings. The van der Waals surface area contributed by atoms with Gasteiger partial charge in [-0.3, -0.25) is 9.59 Å². The number of benzene rings is 2. The first kappa shape index (κ1) is 22.6. The quantitative estimate of drug-likeness (QED) is 0.565. The van der Waals surface area contributed by atoms with E-state index in [0.29, 0.717) is 37.4 Å². The molecule has 4 rings (SSSR count). The van der Waals surface area contributed by atoms with Gasteiger partial charge in [0.05, 0.1) is 11.5 Å². The molecule has 1 amide bonds. The van der Waals surface area contributed by atoms with Crippen LogP contribution in [0.2, 0.25) is 0 Å². The Hall–Kier alpha value is -3.62. The number of piperidine rings is 1. The van der Waals surface area contributed by atoms with E-state index >= 15 is 0 Å². The fourth-order valence-corrected chi connectivity index (χ4v) is 3.86. The summed E-state index contributed by atoms with van der Waals surface area (Å²) in [5.74, 6) is -0.820. The first-order chi connectivity index (χ1) is 15.8. The van der Waals surface area contributed by atoms with Gasteiger partial charge in [0.25, 0.3) is 5.91 Å². The highest BCUT2D eigenvalue weighted by Gasteiger charge is 2.31. The van der Waals surface area contributed by atoms with E-state index in [1.165, 1.54) is 6.07 Å². The van der Waals surface area contributed by atoms with Crippen molar-refractivity contribution in [3.8, 4) is 0 Å². The number of hydrogen-bond donors (Lipinski definition) is 1. The molecule has 1 N–H and O–H groups in total. The molecular weight excluding hydrogens is 435 g/mol. The number of anilines is 2. The third-order valence-corrected chi connectivity index (χ3v) is 5.64. The largest absolute Gasteiger partial charge is 0.455 e. The molecule has 9 heteroatoms. The third kappa shape index (κ3) is 5.42. The van der Waals surface area contributed by atoms with E-state index in [0.717, 1.165) is 23.0 Å². The summed E-state index contributed by atoms with van der Waals surface area (Å²) in [5, 5.41) is 4.65. The van der Waals surface area contributed by atoms with Gasteiger partial charge in [-0.2, -0.15) is 13.2 Å². The van der Waals surface area contributed by atoms with Crippen molar-refractivity contribution in [1.29, 1.82) is 0 Å². The van der Waals surface area contributed by atoms with Crippen LogP contribution in [-0.2, 0) is 20.5 Å². The minimum absolute atomic E-state index is 0.374. The number of rotatable bonds is 5. The fourth-order valence-electron chi connectivity index (χ4n) is 3.86. The van der Waals surface area contributed by atoms with Crippen molar-refractivity contribution in [3.05, 3.63) is 66.4 Å². The van der Waals surface area contributed by atoms with Gasteiger partial charge in [0.1, 0.15) is 5.82 Å². The Morgan fingerprint density at radius 2 is 1.76 bits per heavy atom. The Bertz CT molecular complexity index is 1140. The van der Waals surface area contributed by atoms with Crippen LogP contribution in [0.25, 0.3) is 10.8 Å². The summed E-state index contributed by atoms with van der Waals surface area (Å²) in [6.07, 6.45) is -2.69. The van der Waals surface area contributed by atoms with E-state index in [1.54, 1.807) is 6.07 Å². The molecule has 0 saturated carbocycles. The molecule has 2 heterocycles. The monoisotopic (exact) mass is 457 g/mol. The maximum Gasteiger partial charge on any atom is 0.417 e. The first-order valence-corrected chi connectivity index (χ1v) is 10.5. The Morgan fingerprint density at radius 3 is 2.45 bits per heavy atom. The Labute approximate surface area is 188 Å². The Morgan fingerprint density at radius 1 is 1.03 bits per heavy atom. The maximum absolute atomic E-state index is 12.7. The predicted octanol–water partition coefficient (Wildman–Crippen LogP) is 4.65. The van der Waals surface area contributed by atoms with Gasteiger partial charge in [0.15, 0.2) is 6.61 Å². The number of carbonyl (C=O) groups excluding carboxylic acids is 2. The molecular formula is C24H22F3N3O3. The van der Waals surface area contributed by atoms with Crippen LogP contribution in [0.15, 0.2) is 60.8 Å². The molecule has 6 nitrogen and oxygen atoms in total. The SMILES string of the molecule is O=C(COC(=O)C1CCN(c2ccc(C(F)(F)F)cn2)CC1)Nc1cccc2ccccc12. The second-order valence-electron chi connectivity index (χ2n) is 7.85. The molecule has 33 heavy (non-hydrogen) atoms. The highest BCUT2D eigenvalue weighted by atomic mass is 19.4. The van der Waals surface area contributed by atoms with Crippen LogP contribution in [0.3, 0.4) is 0 Å². The summed E-state index contributed by atoms with van der Waals surface area (Å²) in [6, 6.07) is 15.5. The Balaban J connectivity index is 1.26. The number of ether oxygens (including phenoxy) is 1. The average molecular weight is 457 g/mol. The number of amides is 1. The van der Waals surface area contributed by atoms with E-state index in [9.17, 15) is 22.8 Å². The highest BCUT2D eigenvalue weighted by molar-refractivity contribution is 6.02. The van der Waals surface area contributed by atoms with Crippen LogP contribution in [0.4, 0.5) is 24.7 Å². The van der Waals surface area contributed by atoms with Crippen molar-refractivity contribution in [2.75, 3.05) is 29.9 Å². The van der Waals surface area contributed by atoms with Gasteiger partial charge in [-0.15, -0.1) is 0 Å². The molecule has 2 aromatic carbocycles. The summed E-state index contributed by atoms with van der Waals surface area (Å²) in [5.41, 5.74) is -0.155. The number of alkyl halides is 3. The van der Waals surface area contributed by atoms with Crippen molar-refractivity contribution in [2.24, 2.45) is 5.92 Å². The molecule has 172 valence electrons. The van der Waals surface area contributed by atoms with Gasteiger partial charge < -0.3 is 15.0 Å². The van der Waals surface area contributed by atoms with Crippen molar-refractivity contribution in [2.45, 2.75) is 19.0 Å². The second kappa shape index (κ2) is 9.48. The Kier molecular flexibility index (Phi) is 6.48. The van der Waals surface area contributed by atoms with Gasteiger partial charge in [-0.05, 0) is 36.4 Å². The van der Waals surface area contributed by atoms with E-state index < -0.39 is 23.6 Å². The van der Waals surface area contributed by atoms with Crippen LogP contribution < -0.4 is 10.2 Å². The van der Waals surface area contributed by atoms with Gasteiger partial charge >= 0.3 is 12.1 Å². The average Bonchev–Trinajstić information content (AvgIpc) is 2.82. The van der Waals surface area contributed by atoms with E-state index in [2.05, 4.69) is 10.3 Å². The molecule has 0 atom stereocenters. The van der Waals surface area contributed by atoms with E-state index in [4.69, 9.17) is 4.74 Å². The molecule has 0 aliphatic carbocycles. The number of nitrogens with one attached hydrogen (secondary N) is 1. The van der Waals surface area contributed by atoms with Gasteiger partial charge in [-0.1, -0.05) is 36.4 Å². The zero-order chi connectivity index (χ0) is 23.4. The number of aromatic nitrogens is 1. The van der Waals surface area contributed by atoms with E-state index in [-0.39, 0.29) is 12.5 Å². The van der Waals surface area contributed by atoms with Crippen LogP contribution in [0, 0.1) is 5.92 Å². The van der Waals surface area contributed by atoms with Gasteiger partial charge in [-0.25, -0.2) is 4.98 Å². The summed E-state index contributed by atoms with van der Waals surface area (Å²) in [4.78, 5) is 30.4. The van der Waals surface area contributed by atoms with E-state index in [1.807, 2.05) is 41.3 Å². The molecule has 1 saturated heterocycles. The summed E-state index contributed by atoms with van der Waals surface area (Å²) in [7, 11) is 0. The topological polar surface area (TPSA) is 71.5 Å². The zero-order valence-electron chi connectivity index (χ0n) is 17.6. The number of hydrogen-bond acceptors (Lipinski definition) is 5. The van der Waals surface area contributed by atoms with Crippen LogP contribution >= 0.6 is 0 Å². The van der Waals surface area contributed by atoms with Gasteiger partial charge in [0, 0.05) is 30.4 Å². The smallest absolute Gasteiger partial charge is 0.417 e. The molecule has 1 fully saturated rings. The second-order valence-corrected chi connectivity index (χ2v) is 7.85. The standard InChI is InChI=1S/C24H22F3N3O3/c25-24(26,27)18-8-9-21(28-14-18)30-12-10-17(11-13-30)23(32)33-15-22(31)29-20-7-3-5-16-4-1-2-6-19(16)20/h1-9,14,17H,10-13,15H2,(H,29,31). The highest BCUT2D eigenvalue weighted by Crippen LogP contribution is 2.30. The number of nitrogens with zero attached hydrogens (tertiary/aromatic N) is 2. The summed E-state index contributed by atoms with van der Waals surface area (Å²) < 4.78 is 43.3. The summed E-state index contributed by atoms with van der Waals surface area (Å²) in [6.45, 7) is 0.531. The van der Waals surface area contributed by atoms with Crippen molar-refractivity contribution < 1.29 is 27.5 Å². The number of halogens is 3. The number of carbonyl (C=O) groups is 2. The summed E-state index contributed by atoms with van der Waals surface area (Å²) >= 11 is 0. The first-order valence-electron chi connectivity index (χ1n) is 10.5. The van der Waals surface area contributed by atoms with Crippen molar-refractivity contribution in [1.82, 2.24) is 4.98 Å². The lowest BCUT2D eigenvalue weighted by Crippen LogP contribution is -2.38. The minimum atomic E-state index is -4.43. The van der Waals surface area contributed by atoms with Crippen LogP contribution in [0.1, 0.15) is 18.4 Å². The molecule has 1 aromatic heterocycles. The van der Waals surface area contributed by atoms with Crippen LogP contribution in [0.5, 0.6) is 0 Å². The third-order valence-electron chi connectivity index (χ3n) is 5.64. The molecule has 0 spiro atoms. The lowest BCUT2D eigenvalue weighted by atomic mass is 9.97. The lowest BCUT2D eigenvalue weighted by Gasteiger charge is -2.31. The zero-order valence-corrected chi connectivity index (χ0v) is 17.6. The molecule has 0 radical (unpaired) electrons.